The van der Waals surface area contributed by atoms with Gasteiger partial charge in [-0.2, -0.15) is 9.30 Å². The van der Waals surface area contributed by atoms with E-state index in [2.05, 4.69) is 4.99 Å². The zero-order chi connectivity index (χ0) is 22.6. The average Bonchev–Trinajstić information content (AvgIpc) is 2.76. The number of aryl methyl sites for hydroxylation is 1. The molecule has 31 heavy (non-hydrogen) atoms. The summed E-state index contributed by atoms with van der Waals surface area (Å²) >= 11 is 0. The first kappa shape index (κ1) is 22.7. The van der Waals surface area contributed by atoms with Crippen molar-refractivity contribution >= 4 is 15.9 Å². The van der Waals surface area contributed by atoms with Crippen molar-refractivity contribution in [2.45, 2.75) is 38.3 Å². The van der Waals surface area contributed by atoms with Gasteiger partial charge in [0.2, 0.25) is 10.0 Å². The third-order valence-electron chi connectivity index (χ3n) is 5.09. The maximum absolute atomic E-state index is 12.9. The van der Waals surface area contributed by atoms with Crippen molar-refractivity contribution in [3.05, 3.63) is 95.1 Å². The second-order valence-electron chi connectivity index (χ2n) is 7.73. The molecule has 1 aromatic heterocycles. The first-order chi connectivity index (χ1) is 14.7. The molecule has 6 nitrogen and oxygen atoms in total. The highest BCUT2D eigenvalue weighted by molar-refractivity contribution is 7.89. The zero-order valence-electron chi connectivity index (χ0n) is 18.2. The van der Waals surface area contributed by atoms with Crippen molar-refractivity contribution in [1.29, 1.82) is 0 Å². The lowest BCUT2D eigenvalue weighted by Gasteiger charge is -2.21. The molecular weight excluding hydrogens is 410 g/mol. The maximum Gasteiger partial charge on any atom is 0.278 e. The molecule has 0 aliphatic rings. The molecular formula is C24H27N3O3S. The third kappa shape index (κ3) is 5.37. The molecule has 3 aromatic rings. The Morgan fingerprint density at radius 3 is 2.42 bits per heavy atom. The van der Waals surface area contributed by atoms with Gasteiger partial charge < -0.3 is 4.57 Å². The molecule has 0 N–H and O–H groups in total. The van der Waals surface area contributed by atoms with E-state index in [0.29, 0.717) is 12.0 Å². The minimum atomic E-state index is -3.69. The number of carbonyl (C=O) groups is 1. The largest absolute Gasteiger partial charge is 0.328 e. The third-order valence-corrected chi connectivity index (χ3v) is 7.12. The Hall–Kier alpha value is -3.03. The smallest absolute Gasteiger partial charge is 0.278 e. The number of carbonyl (C=O) groups excluding carboxylic acids is 1. The molecule has 0 bridgehead atoms. The number of rotatable bonds is 6. The van der Waals surface area contributed by atoms with Gasteiger partial charge in [-0.25, -0.2) is 8.42 Å². The van der Waals surface area contributed by atoms with Crippen LogP contribution in [0.2, 0.25) is 0 Å². The van der Waals surface area contributed by atoms with Crippen LogP contribution in [0.1, 0.15) is 35.3 Å². The van der Waals surface area contributed by atoms with E-state index in [4.69, 9.17) is 0 Å². The maximum atomic E-state index is 12.9. The van der Waals surface area contributed by atoms with Crippen LogP contribution in [-0.4, -0.2) is 36.3 Å². The van der Waals surface area contributed by atoms with Crippen LogP contribution in [0.4, 0.5) is 0 Å². The summed E-state index contributed by atoms with van der Waals surface area (Å²) < 4.78 is 28.7. The standard InChI is InChI=1S/C24H27N3O3S/c1-18(2)26(4)31(29,30)22-9-7-8-21(16-22)24(28)25-23-10-5-6-15-27(23)17-20-13-11-19(3)12-14-20/h5-16,18H,17H2,1-4H3. The molecule has 1 heterocycles. The molecule has 0 saturated heterocycles. The van der Waals surface area contributed by atoms with Crippen LogP contribution in [0.15, 0.2) is 82.8 Å². The number of nitrogens with zero attached hydrogens (tertiary/aromatic N) is 3. The van der Waals surface area contributed by atoms with Crippen molar-refractivity contribution in [3.63, 3.8) is 0 Å². The van der Waals surface area contributed by atoms with Gasteiger partial charge in [0, 0.05) is 31.4 Å². The molecule has 162 valence electrons. The molecule has 3 rings (SSSR count). The van der Waals surface area contributed by atoms with Gasteiger partial charge in [0.1, 0.15) is 5.49 Å². The fourth-order valence-electron chi connectivity index (χ4n) is 2.99. The Labute approximate surface area is 183 Å². The summed E-state index contributed by atoms with van der Waals surface area (Å²) in [4.78, 5) is 17.2. The predicted octanol–water partition coefficient (Wildman–Crippen LogP) is 3.61. The van der Waals surface area contributed by atoms with E-state index >= 15 is 0 Å². The number of hydrogen-bond acceptors (Lipinski definition) is 3. The number of pyridine rings is 1. The van der Waals surface area contributed by atoms with Crippen LogP contribution in [0.3, 0.4) is 0 Å². The monoisotopic (exact) mass is 437 g/mol. The second-order valence-corrected chi connectivity index (χ2v) is 9.73. The molecule has 0 atom stereocenters. The normalized spacial score (nSPS) is 12.5. The van der Waals surface area contributed by atoms with Gasteiger partial charge in [-0.05, 0) is 56.7 Å². The van der Waals surface area contributed by atoms with E-state index in [9.17, 15) is 13.2 Å². The quantitative estimate of drug-likeness (QED) is 0.591. The second kappa shape index (κ2) is 9.41. The molecule has 1 amide bonds. The zero-order valence-corrected chi connectivity index (χ0v) is 19.0. The van der Waals surface area contributed by atoms with E-state index in [0.717, 1.165) is 5.56 Å². The Morgan fingerprint density at radius 2 is 1.74 bits per heavy atom. The minimum Gasteiger partial charge on any atom is -0.328 e. The molecule has 2 aromatic carbocycles. The molecule has 0 spiro atoms. The molecule has 7 heteroatoms. The average molecular weight is 438 g/mol. The number of aromatic nitrogens is 1. The lowest BCUT2D eigenvalue weighted by Crippen LogP contribution is -2.33. The Balaban J connectivity index is 1.94. The minimum absolute atomic E-state index is 0.0744. The Kier molecular flexibility index (Phi) is 6.87. The van der Waals surface area contributed by atoms with Gasteiger partial charge in [0.25, 0.3) is 5.91 Å². The van der Waals surface area contributed by atoms with Crippen LogP contribution in [-0.2, 0) is 16.6 Å². The highest BCUT2D eigenvalue weighted by Gasteiger charge is 2.23. The van der Waals surface area contributed by atoms with Gasteiger partial charge >= 0.3 is 0 Å². The van der Waals surface area contributed by atoms with Gasteiger partial charge in [-0.15, -0.1) is 0 Å². The fourth-order valence-corrected chi connectivity index (χ4v) is 4.41. The molecule has 0 saturated carbocycles. The van der Waals surface area contributed by atoms with E-state index in [-0.39, 0.29) is 16.5 Å². The first-order valence-electron chi connectivity index (χ1n) is 10.1. The lowest BCUT2D eigenvalue weighted by molar-refractivity contribution is 0.0997. The summed E-state index contributed by atoms with van der Waals surface area (Å²) in [5.74, 6) is -0.492. The lowest BCUT2D eigenvalue weighted by atomic mass is 10.1. The summed E-state index contributed by atoms with van der Waals surface area (Å²) in [6.07, 6.45) is 1.87. The molecule has 0 aliphatic carbocycles. The predicted molar refractivity (Wildman–Crippen MR) is 121 cm³/mol. The van der Waals surface area contributed by atoms with Crippen LogP contribution in [0.5, 0.6) is 0 Å². The topological polar surface area (TPSA) is 71.7 Å². The summed E-state index contributed by atoms with van der Waals surface area (Å²) in [5, 5.41) is 0. The van der Waals surface area contributed by atoms with Crippen molar-refractivity contribution in [2.75, 3.05) is 7.05 Å². The highest BCUT2D eigenvalue weighted by atomic mass is 32.2. The number of hydrogen-bond donors (Lipinski definition) is 0. The number of amides is 1. The summed E-state index contributed by atoms with van der Waals surface area (Å²) in [5.41, 5.74) is 3.00. The van der Waals surface area contributed by atoms with E-state index in [1.165, 1.54) is 29.0 Å². The summed E-state index contributed by atoms with van der Waals surface area (Å²) in [6.45, 7) is 6.20. The molecule has 0 aliphatic heterocycles. The van der Waals surface area contributed by atoms with Crippen molar-refractivity contribution in [3.8, 4) is 0 Å². The SMILES string of the molecule is Cc1ccc(Cn2ccccc2=NC(=O)c2cccc(S(=O)(=O)N(C)C(C)C)c2)cc1. The first-order valence-corrected chi connectivity index (χ1v) is 11.5. The van der Waals surface area contributed by atoms with Crippen molar-refractivity contribution in [1.82, 2.24) is 8.87 Å². The van der Waals surface area contributed by atoms with Crippen LogP contribution in [0, 0.1) is 6.92 Å². The summed E-state index contributed by atoms with van der Waals surface area (Å²) in [7, 11) is -2.16. The highest BCUT2D eigenvalue weighted by Crippen LogP contribution is 2.18. The van der Waals surface area contributed by atoms with Crippen LogP contribution in [0.25, 0.3) is 0 Å². The van der Waals surface area contributed by atoms with E-state index < -0.39 is 15.9 Å². The molecule has 0 fully saturated rings. The molecule has 0 unspecified atom stereocenters. The Bertz CT molecular complexity index is 1240. The van der Waals surface area contributed by atoms with E-state index in [1.807, 2.05) is 54.1 Å². The van der Waals surface area contributed by atoms with Crippen LogP contribution >= 0.6 is 0 Å². The van der Waals surface area contributed by atoms with Gasteiger partial charge in [-0.3, -0.25) is 4.79 Å². The van der Waals surface area contributed by atoms with Gasteiger partial charge in [0.05, 0.1) is 4.90 Å². The van der Waals surface area contributed by atoms with Gasteiger partial charge in [0.15, 0.2) is 0 Å². The fraction of sp³-hybridized carbons (Fsp3) is 0.250. The van der Waals surface area contributed by atoms with E-state index in [1.54, 1.807) is 32.0 Å². The van der Waals surface area contributed by atoms with Crippen molar-refractivity contribution < 1.29 is 13.2 Å². The Morgan fingerprint density at radius 1 is 1.03 bits per heavy atom. The number of benzene rings is 2. The molecule has 0 radical (unpaired) electrons. The van der Waals surface area contributed by atoms with Crippen molar-refractivity contribution in [2.24, 2.45) is 4.99 Å². The number of sulfonamides is 1. The van der Waals surface area contributed by atoms with Gasteiger partial charge in [-0.1, -0.05) is 42.0 Å². The summed E-state index contributed by atoms with van der Waals surface area (Å²) in [6, 6.07) is 19.4. The van der Waals surface area contributed by atoms with Crippen LogP contribution < -0.4 is 5.49 Å².